The number of carbonyl (C=O) groups is 2. The SMILES string of the molecule is C[C@@H]1Oc2ccc(NC(=O)Cc3ccccc3)cc2CN(CCOc2ccccc2)C1=O. The van der Waals surface area contributed by atoms with E-state index in [9.17, 15) is 9.59 Å². The third kappa shape index (κ3) is 5.46. The van der Waals surface area contributed by atoms with E-state index in [1.165, 1.54) is 0 Å². The van der Waals surface area contributed by atoms with Crippen LogP contribution >= 0.6 is 0 Å². The Hall–Kier alpha value is -3.80. The molecule has 0 fully saturated rings. The summed E-state index contributed by atoms with van der Waals surface area (Å²) >= 11 is 0. The molecule has 0 radical (unpaired) electrons. The number of anilines is 1. The molecule has 0 saturated heterocycles. The standard InChI is InChI=1S/C26H26N2O4/c1-19-26(30)28(14-15-31-23-10-6-3-7-11-23)18-21-17-22(12-13-24(21)32-19)27-25(29)16-20-8-4-2-5-9-20/h2-13,17,19H,14-16,18H2,1H3,(H,27,29)/t19-/m0/s1. The van der Waals surface area contributed by atoms with Gasteiger partial charge in [-0.3, -0.25) is 9.59 Å². The van der Waals surface area contributed by atoms with Crippen molar-refractivity contribution < 1.29 is 19.1 Å². The molecular weight excluding hydrogens is 404 g/mol. The maximum atomic E-state index is 12.8. The molecule has 0 saturated carbocycles. The number of benzene rings is 3. The van der Waals surface area contributed by atoms with E-state index < -0.39 is 6.10 Å². The Kier molecular flexibility index (Phi) is 6.70. The monoisotopic (exact) mass is 430 g/mol. The van der Waals surface area contributed by atoms with E-state index in [2.05, 4.69) is 5.32 Å². The van der Waals surface area contributed by atoms with Gasteiger partial charge in [-0.2, -0.15) is 0 Å². The lowest BCUT2D eigenvalue weighted by atomic mass is 10.1. The van der Waals surface area contributed by atoms with Gasteiger partial charge in [-0.1, -0.05) is 48.5 Å². The van der Waals surface area contributed by atoms with Gasteiger partial charge < -0.3 is 19.7 Å². The number of carbonyl (C=O) groups excluding carboxylic acids is 2. The fourth-order valence-corrected chi connectivity index (χ4v) is 3.64. The number of rotatable bonds is 7. The molecule has 2 amide bonds. The van der Waals surface area contributed by atoms with Crippen molar-refractivity contribution >= 4 is 17.5 Å². The van der Waals surface area contributed by atoms with Crippen LogP contribution in [0.2, 0.25) is 0 Å². The Bertz CT molecular complexity index is 1070. The van der Waals surface area contributed by atoms with Gasteiger partial charge in [-0.05, 0) is 42.8 Å². The predicted molar refractivity (Wildman–Crippen MR) is 123 cm³/mol. The molecule has 32 heavy (non-hydrogen) atoms. The zero-order valence-corrected chi connectivity index (χ0v) is 18.0. The van der Waals surface area contributed by atoms with Gasteiger partial charge in [0.1, 0.15) is 18.1 Å². The zero-order valence-electron chi connectivity index (χ0n) is 18.0. The van der Waals surface area contributed by atoms with Crippen LogP contribution in [0.1, 0.15) is 18.1 Å². The summed E-state index contributed by atoms with van der Waals surface area (Å²) in [5.74, 6) is 1.23. The van der Waals surface area contributed by atoms with Crippen LogP contribution in [0.3, 0.4) is 0 Å². The number of para-hydroxylation sites is 1. The molecule has 1 aliphatic heterocycles. The van der Waals surface area contributed by atoms with Crippen molar-refractivity contribution in [1.82, 2.24) is 4.90 Å². The van der Waals surface area contributed by atoms with Crippen LogP contribution in [0, 0.1) is 0 Å². The summed E-state index contributed by atoms with van der Waals surface area (Å²) in [6.45, 7) is 2.95. The number of fused-ring (bicyclic) bond motifs is 1. The summed E-state index contributed by atoms with van der Waals surface area (Å²) in [5, 5.41) is 2.94. The van der Waals surface area contributed by atoms with Crippen LogP contribution in [0.4, 0.5) is 5.69 Å². The highest BCUT2D eigenvalue weighted by Crippen LogP contribution is 2.28. The second-order valence-corrected chi connectivity index (χ2v) is 7.71. The van der Waals surface area contributed by atoms with Crippen LogP contribution in [0.25, 0.3) is 0 Å². The Morgan fingerprint density at radius 1 is 1.06 bits per heavy atom. The lowest BCUT2D eigenvalue weighted by Gasteiger charge is -2.22. The van der Waals surface area contributed by atoms with Gasteiger partial charge in [0, 0.05) is 17.8 Å². The fourth-order valence-electron chi connectivity index (χ4n) is 3.64. The average Bonchev–Trinajstić information content (AvgIpc) is 2.91. The summed E-state index contributed by atoms with van der Waals surface area (Å²) in [7, 11) is 0. The summed E-state index contributed by atoms with van der Waals surface area (Å²) in [6.07, 6.45) is -0.293. The molecule has 0 unspecified atom stereocenters. The third-order valence-corrected chi connectivity index (χ3v) is 5.25. The first-order chi connectivity index (χ1) is 15.6. The van der Waals surface area contributed by atoms with Gasteiger partial charge in [-0.15, -0.1) is 0 Å². The van der Waals surface area contributed by atoms with Gasteiger partial charge in [0.2, 0.25) is 5.91 Å². The third-order valence-electron chi connectivity index (χ3n) is 5.25. The van der Waals surface area contributed by atoms with Gasteiger partial charge in [0.25, 0.3) is 5.91 Å². The maximum absolute atomic E-state index is 12.8. The molecule has 1 aliphatic rings. The van der Waals surface area contributed by atoms with E-state index in [0.29, 0.717) is 37.6 Å². The zero-order chi connectivity index (χ0) is 22.3. The van der Waals surface area contributed by atoms with Gasteiger partial charge in [-0.25, -0.2) is 0 Å². The normalized spacial score (nSPS) is 15.3. The van der Waals surface area contributed by atoms with E-state index in [1.54, 1.807) is 24.0 Å². The van der Waals surface area contributed by atoms with Gasteiger partial charge in [0.15, 0.2) is 6.10 Å². The first-order valence-electron chi connectivity index (χ1n) is 10.7. The lowest BCUT2D eigenvalue weighted by molar-refractivity contribution is -0.138. The van der Waals surface area contributed by atoms with E-state index in [4.69, 9.17) is 9.47 Å². The van der Waals surface area contributed by atoms with Crippen LogP contribution in [0.5, 0.6) is 11.5 Å². The summed E-state index contributed by atoms with van der Waals surface area (Å²) < 4.78 is 11.6. The molecule has 3 aromatic carbocycles. The highest BCUT2D eigenvalue weighted by atomic mass is 16.5. The van der Waals surface area contributed by atoms with Crippen LogP contribution in [0.15, 0.2) is 78.9 Å². The van der Waals surface area contributed by atoms with E-state index in [-0.39, 0.29) is 11.8 Å². The van der Waals surface area contributed by atoms with Crippen molar-refractivity contribution in [2.45, 2.75) is 26.0 Å². The van der Waals surface area contributed by atoms with Crippen molar-refractivity contribution in [3.8, 4) is 11.5 Å². The highest BCUT2D eigenvalue weighted by molar-refractivity contribution is 5.92. The Morgan fingerprint density at radius 3 is 2.53 bits per heavy atom. The quantitative estimate of drug-likeness (QED) is 0.614. The minimum absolute atomic E-state index is 0.0903. The number of nitrogens with one attached hydrogen (secondary N) is 1. The minimum Gasteiger partial charge on any atom is -0.492 e. The highest BCUT2D eigenvalue weighted by Gasteiger charge is 2.28. The molecule has 0 spiro atoms. The molecular formula is C26H26N2O4. The molecule has 6 heteroatoms. The Balaban J connectivity index is 1.42. The molecule has 3 aromatic rings. The average molecular weight is 431 g/mol. The Morgan fingerprint density at radius 2 is 1.78 bits per heavy atom. The molecule has 0 aliphatic carbocycles. The van der Waals surface area contributed by atoms with Crippen molar-refractivity contribution in [2.24, 2.45) is 0 Å². The first-order valence-corrected chi connectivity index (χ1v) is 10.7. The Labute approximate surface area is 187 Å². The number of amides is 2. The fraction of sp³-hybridized carbons (Fsp3) is 0.231. The van der Waals surface area contributed by atoms with Crippen molar-refractivity contribution in [1.29, 1.82) is 0 Å². The lowest BCUT2D eigenvalue weighted by Crippen LogP contribution is -2.40. The second kappa shape index (κ2) is 10.0. The van der Waals surface area contributed by atoms with E-state index in [0.717, 1.165) is 16.9 Å². The maximum Gasteiger partial charge on any atom is 0.263 e. The van der Waals surface area contributed by atoms with Crippen LogP contribution < -0.4 is 14.8 Å². The predicted octanol–water partition coefficient (Wildman–Crippen LogP) is 4.06. The molecule has 0 aromatic heterocycles. The van der Waals surface area contributed by atoms with Crippen molar-refractivity contribution in [3.05, 3.63) is 90.0 Å². The molecule has 0 bridgehead atoms. The van der Waals surface area contributed by atoms with Crippen molar-refractivity contribution in [2.75, 3.05) is 18.5 Å². The molecule has 164 valence electrons. The molecule has 1 heterocycles. The van der Waals surface area contributed by atoms with Crippen molar-refractivity contribution in [3.63, 3.8) is 0 Å². The van der Waals surface area contributed by atoms with E-state index in [1.807, 2.05) is 66.7 Å². The molecule has 6 nitrogen and oxygen atoms in total. The number of nitrogens with zero attached hydrogens (tertiary/aromatic N) is 1. The molecule has 4 rings (SSSR count). The van der Waals surface area contributed by atoms with Gasteiger partial charge in [0.05, 0.1) is 13.0 Å². The summed E-state index contributed by atoms with van der Waals surface area (Å²) in [6, 6.07) is 24.6. The summed E-state index contributed by atoms with van der Waals surface area (Å²) in [4.78, 5) is 27.0. The first kappa shape index (κ1) is 21.4. The second-order valence-electron chi connectivity index (χ2n) is 7.71. The largest absolute Gasteiger partial charge is 0.492 e. The molecule has 1 atom stereocenters. The minimum atomic E-state index is -0.591. The summed E-state index contributed by atoms with van der Waals surface area (Å²) in [5.41, 5.74) is 2.47. The number of hydrogen-bond donors (Lipinski definition) is 1. The number of hydrogen-bond acceptors (Lipinski definition) is 4. The number of ether oxygens (including phenoxy) is 2. The van der Waals surface area contributed by atoms with Crippen LogP contribution in [-0.4, -0.2) is 36.0 Å². The smallest absolute Gasteiger partial charge is 0.263 e. The van der Waals surface area contributed by atoms with Crippen LogP contribution in [-0.2, 0) is 22.6 Å². The topological polar surface area (TPSA) is 67.9 Å². The van der Waals surface area contributed by atoms with E-state index >= 15 is 0 Å². The van der Waals surface area contributed by atoms with Gasteiger partial charge >= 0.3 is 0 Å². The molecule has 1 N–H and O–H groups in total.